The first kappa shape index (κ1) is 21.0. The van der Waals surface area contributed by atoms with E-state index in [1.165, 1.54) is 18.5 Å². The quantitative estimate of drug-likeness (QED) is 0.744. The van der Waals surface area contributed by atoms with Crippen molar-refractivity contribution < 1.29 is 14.3 Å². The molecule has 0 aliphatic carbocycles. The standard InChI is InChI=1S/C24H32N2O3/c1-17-8-7-15-26(16-17)21-13-11-20(12-14-21)18(2)25-24(27)19(3)29-23-10-6-5-9-22(23)28-4/h5-6,9-14,17-19H,7-8,15-16H2,1-4H3,(H,25,27). The summed E-state index contributed by atoms with van der Waals surface area (Å²) in [6, 6.07) is 15.8. The number of nitrogens with one attached hydrogen (secondary N) is 1. The van der Waals surface area contributed by atoms with E-state index in [0.29, 0.717) is 11.5 Å². The molecule has 0 spiro atoms. The highest BCUT2D eigenvalue weighted by molar-refractivity contribution is 5.81. The van der Waals surface area contributed by atoms with Crippen LogP contribution in [0.1, 0.15) is 45.2 Å². The summed E-state index contributed by atoms with van der Waals surface area (Å²) in [6.07, 6.45) is 1.94. The number of hydrogen-bond donors (Lipinski definition) is 1. The largest absolute Gasteiger partial charge is 0.493 e. The number of para-hydroxylation sites is 2. The first-order chi connectivity index (χ1) is 14.0. The Morgan fingerprint density at radius 2 is 1.79 bits per heavy atom. The van der Waals surface area contributed by atoms with Gasteiger partial charge in [-0.25, -0.2) is 0 Å². The van der Waals surface area contributed by atoms with Gasteiger partial charge in [0.2, 0.25) is 0 Å². The minimum atomic E-state index is -0.622. The maximum Gasteiger partial charge on any atom is 0.261 e. The number of nitrogens with zero attached hydrogens (tertiary/aromatic N) is 1. The highest BCUT2D eigenvalue weighted by Crippen LogP contribution is 2.27. The van der Waals surface area contributed by atoms with Gasteiger partial charge in [0.1, 0.15) is 0 Å². The number of piperidine rings is 1. The molecule has 2 aromatic carbocycles. The first-order valence-corrected chi connectivity index (χ1v) is 10.4. The molecule has 29 heavy (non-hydrogen) atoms. The molecule has 0 saturated carbocycles. The third-order valence-corrected chi connectivity index (χ3v) is 5.52. The molecule has 1 heterocycles. The van der Waals surface area contributed by atoms with Gasteiger partial charge in [0.15, 0.2) is 17.6 Å². The normalized spacial score (nSPS) is 18.6. The molecule has 1 saturated heterocycles. The van der Waals surface area contributed by atoms with E-state index >= 15 is 0 Å². The Morgan fingerprint density at radius 3 is 2.45 bits per heavy atom. The zero-order valence-electron chi connectivity index (χ0n) is 17.9. The zero-order valence-corrected chi connectivity index (χ0v) is 17.9. The Balaban J connectivity index is 1.57. The van der Waals surface area contributed by atoms with E-state index in [4.69, 9.17) is 9.47 Å². The van der Waals surface area contributed by atoms with E-state index in [9.17, 15) is 4.79 Å². The molecule has 3 rings (SSSR count). The van der Waals surface area contributed by atoms with Crippen LogP contribution in [0, 0.1) is 5.92 Å². The molecule has 5 nitrogen and oxygen atoms in total. The average molecular weight is 397 g/mol. The molecule has 1 fully saturated rings. The Labute approximate surface area is 174 Å². The summed E-state index contributed by atoms with van der Waals surface area (Å²) in [5.74, 6) is 1.76. The molecule has 1 N–H and O–H groups in total. The lowest BCUT2D eigenvalue weighted by molar-refractivity contribution is -0.127. The fourth-order valence-electron chi connectivity index (χ4n) is 3.77. The number of benzene rings is 2. The van der Waals surface area contributed by atoms with Crippen molar-refractivity contribution in [2.24, 2.45) is 5.92 Å². The van der Waals surface area contributed by atoms with Gasteiger partial charge in [0.05, 0.1) is 13.2 Å². The number of rotatable bonds is 7. The lowest BCUT2D eigenvalue weighted by atomic mass is 9.99. The average Bonchev–Trinajstić information content (AvgIpc) is 2.74. The van der Waals surface area contributed by atoms with E-state index in [1.807, 2.05) is 25.1 Å². The minimum absolute atomic E-state index is 0.0967. The number of methoxy groups -OCH3 is 1. The van der Waals surface area contributed by atoms with Gasteiger partial charge in [0.25, 0.3) is 5.91 Å². The Morgan fingerprint density at radius 1 is 1.10 bits per heavy atom. The molecule has 2 aromatic rings. The van der Waals surface area contributed by atoms with Crippen molar-refractivity contribution in [2.75, 3.05) is 25.1 Å². The number of carbonyl (C=O) groups is 1. The second-order valence-corrected chi connectivity index (χ2v) is 7.93. The van der Waals surface area contributed by atoms with Gasteiger partial charge in [-0.3, -0.25) is 4.79 Å². The minimum Gasteiger partial charge on any atom is -0.493 e. The summed E-state index contributed by atoms with van der Waals surface area (Å²) in [4.78, 5) is 15.0. The maximum atomic E-state index is 12.6. The molecule has 0 aromatic heterocycles. The topological polar surface area (TPSA) is 50.8 Å². The molecule has 3 atom stereocenters. The Bertz CT molecular complexity index is 806. The summed E-state index contributed by atoms with van der Waals surface area (Å²) in [5, 5.41) is 3.04. The highest BCUT2D eigenvalue weighted by Gasteiger charge is 2.20. The molecule has 3 unspecified atom stereocenters. The molecular weight excluding hydrogens is 364 g/mol. The monoisotopic (exact) mass is 396 g/mol. The fourth-order valence-corrected chi connectivity index (χ4v) is 3.77. The number of anilines is 1. The molecule has 156 valence electrons. The fraction of sp³-hybridized carbons (Fsp3) is 0.458. The van der Waals surface area contributed by atoms with Gasteiger partial charge < -0.3 is 19.7 Å². The van der Waals surface area contributed by atoms with Crippen LogP contribution in [-0.2, 0) is 4.79 Å². The summed E-state index contributed by atoms with van der Waals surface area (Å²) in [5.41, 5.74) is 2.34. The summed E-state index contributed by atoms with van der Waals surface area (Å²) < 4.78 is 11.1. The van der Waals surface area contributed by atoms with E-state index < -0.39 is 6.10 Å². The molecular formula is C24H32N2O3. The van der Waals surface area contributed by atoms with Crippen LogP contribution >= 0.6 is 0 Å². The van der Waals surface area contributed by atoms with E-state index in [1.54, 1.807) is 20.1 Å². The molecule has 1 aliphatic rings. The predicted molar refractivity (Wildman–Crippen MR) is 117 cm³/mol. The van der Waals surface area contributed by atoms with Crippen molar-refractivity contribution in [1.29, 1.82) is 0 Å². The predicted octanol–water partition coefficient (Wildman–Crippen LogP) is 4.58. The van der Waals surface area contributed by atoms with Crippen molar-refractivity contribution >= 4 is 11.6 Å². The smallest absolute Gasteiger partial charge is 0.261 e. The van der Waals surface area contributed by atoms with E-state index in [-0.39, 0.29) is 11.9 Å². The summed E-state index contributed by atoms with van der Waals surface area (Å²) in [6.45, 7) is 8.28. The van der Waals surface area contributed by atoms with Crippen LogP contribution < -0.4 is 19.7 Å². The lowest BCUT2D eigenvalue weighted by Gasteiger charge is -2.33. The first-order valence-electron chi connectivity index (χ1n) is 10.4. The van der Waals surface area contributed by atoms with Crippen LogP contribution in [0.4, 0.5) is 5.69 Å². The zero-order chi connectivity index (χ0) is 20.8. The third-order valence-electron chi connectivity index (χ3n) is 5.52. The summed E-state index contributed by atoms with van der Waals surface area (Å²) in [7, 11) is 1.59. The lowest BCUT2D eigenvalue weighted by Crippen LogP contribution is -2.37. The van der Waals surface area contributed by atoms with Crippen molar-refractivity contribution in [3.63, 3.8) is 0 Å². The van der Waals surface area contributed by atoms with E-state index in [0.717, 1.165) is 24.6 Å². The molecule has 1 aliphatic heterocycles. The van der Waals surface area contributed by atoms with E-state index in [2.05, 4.69) is 41.4 Å². The van der Waals surface area contributed by atoms with Crippen molar-refractivity contribution in [1.82, 2.24) is 5.32 Å². The van der Waals surface area contributed by atoms with Crippen molar-refractivity contribution in [2.45, 2.75) is 45.8 Å². The number of carbonyl (C=O) groups excluding carboxylic acids is 1. The number of hydrogen-bond acceptors (Lipinski definition) is 4. The van der Waals surface area contributed by atoms with Crippen LogP contribution in [0.3, 0.4) is 0 Å². The second kappa shape index (κ2) is 9.68. The van der Waals surface area contributed by atoms with Gasteiger partial charge in [-0.15, -0.1) is 0 Å². The second-order valence-electron chi connectivity index (χ2n) is 7.93. The summed E-state index contributed by atoms with van der Waals surface area (Å²) >= 11 is 0. The van der Waals surface area contributed by atoms with Gasteiger partial charge in [-0.2, -0.15) is 0 Å². The third kappa shape index (κ3) is 5.43. The van der Waals surface area contributed by atoms with Gasteiger partial charge in [0, 0.05) is 18.8 Å². The molecule has 0 radical (unpaired) electrons. The number of ether oxygens (including phenoxy) is 2. The Hall–Kier alpha value is -2.69. The van der Waals surface area contributed by atoms with Crippen LogP contribution in [0.5, 0.6) is 11.5 Å². The van der Waals surface area contributed by atoms with Crippen molar-refractivity contribution in [3.8, 4) is 11.5 Å². The van der Waals surface area contributed by atoms with Gasteiger partial charge >= 0.3 is 0 Å². The highest BCUT2D eigenvalue weighted by atomic mass is 16.5. The van der Waals surface area contributed by atoms with Crippen LogP contribution in [0.25, 0.3) is 0 Å². The molecule has 5 heteroatoms. The maximum absolute atomic E-state index is 12.6. The van der Waals surface area contributed by atoms with Crippen LogP contribution in [0.2, 0.25) is 0 Å². The van der Waals surface area contributed by atoms with Crippen LogP contribution in [0.15, 0.2) is 48.5 Å². The van der Waals surface area contributed by atoms with Crippen molar-refractivity contribution in [3.05, 3.63) is 54.1 Å². The number of amides is 1. The SMILES string of the molecule is COc1ccccc1OC(C)C(=O)NC(C)c1ccc(N2CCCC(C)C2)cc1. The van der Waals surface area contributed by atoms with Gasteiger partial charge in [-0.1, -0.05) is 31.2 Å². The Kier molecular flexibility index (Phi) is 7.02. The van der Waals surface area contributed by atoms with Gasteiger partial charge in [-0.05, 0) is 62.4 Å². The van der Waals surface area contributed by atoms with Crippen LogP contribution in [-0.4, -0.2) is 32.2 Å². The molecule has 1 amide bonds. The molecule has 0 bridgehead atoms.